The van der Waals surface area contributed by atoms with Crippen LogP contribution >= 0.6 is 0 Å². The van der Waals surface area contributed by atoms with Crippen LogP contribution in [-0.4, -0.2) is 34.0 Å². The number of carboxylic acids is 1. The van der Waals surface area contributed by atoms with Crippen molar-refractivity contribution in [3.8, 4) is 0 Å². The zero-order chi connectivity index (χ0) is 13.0. The first kappa shape index (κ1) is 13.0. The zero-order valence-corrected chi connectivity index (χ0v) is 10.8. The first-order valence-electron chi connectivity index (χ1n) is 6.60. The molecule has 4 nitrogen and oxygen atoms in total. The van der Waals surface area contributed by atoms with Gasteiger partial charge in [0.15, 0.2) is 5.69 Å². The maximum atomic E-state index is 11.1. The Morgan fingerprint density at radius 2 is 2.44 bits per heavy atom. The second-order valence-corrected chi connectivity index (χ2v) is 4.97. The molecule has 1 atom stereocenters. The van der Waals surface area contributed by atoms with Gasteiger partial charge in [-0.05, 0) is 36.9 Å². The predicted octanol–water partition coefficient (Wildman–Crippen LogP) is 2.40. The number of aromatic carboxylic acids is 1. The van der Waals surface area contributed by atoms with Crippen LogP contribution in [0.1, 0.15) is 42.2 Å². The van der Waals surface area contributed by atoms with Gasteiger partial charge < -0.3 is 5.11 Å². The van der Waals surface area contributed by atoms with Crippen LogP contribution in [0.15, 0.2) is 18.3 Å². The molecule has 0 radical (unpaired) electrons. The summed E-state index contributed by atoms with van der Waals surface area (Å²) < 4.78 is 0. The van der Waals surface area contributed by atoms with Crippen LogP contribution in [0.25, 0.3) is 0 Å². The maximum Gasteiger partial charge on any atom is 0.354 e. The lowest BCUT2D eigenvalue weighted by Gasteiger charge is -2.32. The van der Waals surface area contributed by atoms with Crippen LogP contribution < -0.4 is 0 Å². The summed E-state index contributed by atoms with van der Waals surface area (Å²) in [5, 5.41) is 9.11. The van der Waals surface area contributed by atoms with Gasteiger partial charge >= 0.3 is 5.97 Å². The third-order valence-corrected chi connectivity index (χ3v) is 3.67. The molecule has 1 N–H and O–H groups in total. The van der Waals surface area contributed by atoms with Crippen molar-refractivity contribution in [3.05, 3.63) is 29.6 Å². The van der Waals surface area contributed by atoms with Crippen LogP contribution in [0.5, 0.6) is 0 Å². The molecule has 0 aliphatic carbocycles. The fraction of sp³-hybridized carbons (Fsp3) is 0.571. The smallest absolute Gasteiger partial charge is 0.354 e. The van der Waals surface area contributed by atoms with Gasteiger partial charge in [-0.1, -0.05) is 19.4 Å². The predicted molar refractivity (Wildman–Crippen MR) is 69.5 cm³/mol. The molecule has 18 heavy (non-hydrogen) atoms. The molecule has 0 amide bonds. The number of piperidine rings is 1. The lowest BCUT2D eigenvalue weighted by atomic mass is 9.95. The number of nitrogens with zero attached hydrogens (tertiary/aromatic N) is 2. The summed E-state index contributed by atoms with van der Waals surface area (Å²) in [4.78, 5) is 17.4. The Labute approximate surface area is 108 Å². The number of pyridine rings is 1. The average molecular weight is 248 g/mol. The molecule has 1 aromatic heterocycles. The Bertz CT molecular complexity index is 420. The highest BCUT2D eigenvalue weighted by Gasteiger charge is 2.20. The Morgan fingerprint density at radius 3 is 3.17 bits per heavy atom. The second-order valence-electron chi connectivity index (χ2n) is 4.97. The normalized spacial score (nSPS) is 20.8. The summed E-state index contributed by atoms with van der Waals surface area (Å²) in [6.45, 7) is 5.06. The number of hydrogen-bond acceptors (Lipinski definition) is 3. The molecule has 0 aromatic carbocycles. The van der Waals surface area contributed by atoms with E-state index in [2.05, 4.69) is 16.8 Å². The van der Waals surface area contributed by atoms with Gasteiger partial charge in [0.25, 0.3) is 0 Å². The average Bonchev–Trinajstić information content (AvgIpc) is 2.39. The Hall–Kier alpha value is -1.42. The van der Waals surface area contributed by atoms with Crippen molar-refractivity contribution in [2.75, 3.05) is 13.1 Å². The quantitative estimate of drug-likeness (QED) is 0.889. The first-order valence-corrected chi connectivity index (χ1v) is 6.60. The molecule has 1 unspecified atom stereocenters. The van der Waals surface area contributed by atoms with Gasteiger partial charge in [0.2, 0.25) is 0 Å². The third kappa shape index (κ3) is 3.07. The van der Waals surface area contributed by atoms with Gasteiger partial charge in [0.1, 0.15) is 0 Å². The number of hydrogen-bond donors (Lipinski definition) is 1. The zero-order valence-electron chi connectivity index (χ0n) is 10.8. The van der Waals surface area contributed by atoms with Gasteiger partial charge in [0, 0.05) is 19.3 Å². The summed E-state index contributed by atoms with van der Waals surface area (Å²) in [5.74, 6) is -0.182. The number of rotatable bonds is 4. The highest BCUT2D eigenvalue weighted by atomic mass is 16.4. The van der Waals surface area contributed by atoms with Crippen LogP contribution in [0.2, 0.25) is 0 Å². The number of carboxylic acid groups (broad SMARTS) is 1. The molecule has 0 spiro atoms. The minimum absolute atomic E-state index is 0.191. The standard InChI is InChI=1S/C14H20N2O2/c1-2-11-5-4-8-16(9-11)10-12-6-3-7-15-13(12)14(17)18/h3,6-7,11H,2,4-5,8-10H2,1H3,(H,17,18). The molecular formula is C14H20N2O2. The summed E-state index contributed by atoms with van der Waals surface area (Å²) >= 11 is 0. The van der Waals surface area contributed by atoms with E-state index in [1.54, 1.807) is 0 Å². The van der Waals surface area contributed by atoms with E-state index in [1.165, 1.54) is 25.5 Å². The largest absolute Gasteiger partial charge is 0.477 e. The third-order valence-electron chi connectivity index (χ3n) is 3.67. The first-order chi connectivity index (χ1) is 8.70. The van der Waals surface area contributed by atoms with E-state index < -0.39 is 5.97 Å². The fourth-order valence-corrected chi connectivity index (χ4v) is 2.63. The Morgan fingerprint density at radius 1 is 1.61 bits per heavy atom. The molecule has 1 saturated heterocycles. The monoisotopic (exact) mass is 248 g/mol. The summed E-state index contributed by atoms with van der Waals surface area (Å²) in [6.07, 6.45) is 5.25. The molecule has 0 saturated carbocycles. The van der Waals surface area contributed by atoms with Crippen LogP contribution in [0, 0.1) is 5.92 Å². The van der Waals surface area contributed by atoms with Gasteiger partial charge in [-0.15, -0.1) is 0 Å². The lowest BCUT2D eigenvalue weighted by molar-refractivity contribution is 0.0686. The van der Waals surface area contributed by atoms with Crippen molar-refractivity contribution in [2.45, 2.75) is 32.7 Å². The molecule has 4 heteroatoms. The number of carbonyl (C=O) groups is 1. The fourth-order valence-electron chi connectivity index (χ4n) is 2.63. The highest BCUT2D eigenvalue weighted by molar-refractivity contribution is 5.86. The van der Waals surface area contributed by atoms with Crippen molar-refractivity contribution < 1.29 is 9.90 Å². The molecule has 2 rings (SSSR count). The molecule has 98 valence electrons. The van der Waals surface area contributed by atoms with Gasteiger partial charge in [0.05, 0.1) is 0 Å². The van der Waals surface area contributed by atoms with Gasteiger partial charge in [-0.2, -0.15) is 0 Å². The molecule has 2 heterocycles. The summed E-state index contributed by atoms with van der Waals surface area (Å²) in [6, 6.07) is 3.68. The van der Waals surface area contributed by atoms with Crippen molar-refractivity contribution in [1.82, 2.24) is 9.88 Å². The second kappa shape index (κ2) is 5.96. The summed E-state index contributed by atoms with van der Waals surface area (Å²) in [5.41, 5.74) is 1.01. The van der Waals surface area contributed by atoms with Gasteiger partial charge in [-0.3, -0.25) is 4.90 Å². The summed E-state index contributed by atoms with van der Waals surface area (Å²) in [7, 11) is 0. The van der Waals surface area contributed by atoms with Crippen molar-refractivity contribution in [3.63, 3.8) is 0 Å². The Balaban J connectivity index is 2.07. The van der Waals surface area contributed by atoms with Crippen LogP contribution in [0.4, 0.5) is 0 Å². The SMILES string of the molecule is CCC1CCCN(Cc2cccnc2C(=O)O)C1. The van der Waals surface area contributed by atoms with Crippen LogP contribution in [-0.2, 0) is 6.54 Å². The van der Waals surface area contributed by atoms with Crippen LogP contribution in [0.3, 0.4) is 0 Å². The van der Waals surface area contributed by atoms with E-state index in [0.29, 0.717) is 6.54 Å². The minimum Gasteiger partial charge on any atom is -0.477 e. The van der Waals surface area contributed by atoms with Crippen molar-refractivity contribution in [1.29, 1.82) is 0 Å². The van der Waals surface area contributed by atoms with Crippen molar-refractivity contribution >= 4 is 5.97 Å². The number of aromatic nitrogens is 1. The van der Waals surface area contributed by atoms with E-state index in [-0.39, 0.29) is 5.69 Å². The van der Waals surface area contributed by atoms with E-state index in [9.17, 15) is 4.79 Å². The Kier molecular flexibility index (Phi) is 4.31. The lowest BCUT2D eigenvalue weighted by Crippen LogP contribution is -2.35. The molecule has 1 aliphatic rings. The molecule has 0 bridgehead atoms. The van der Waals surface area contributed by atoms with E-state index in [0.717, 1.165) is 24.6 Å². The highest BCUT2D eigenvalue weighted by Crippen LogP contribution is 2.21. The topological polar surface area (TPSA) is 53.4 Å². The minimum atomic E-state index is -0.936. The van der Waals surface area contributed by atoms with Gasteiger partial charge in [-0.25, -0.2) is 9.78 Å². The van der Waals surface area contributed by atoms with E-state index in [4.69, 9.17) is 5.11 Å². The van der Waals surface area contributed by atoms with E-state index in [1.807, 2.05) is 12.1 Å². The maximum absolute atomic E-state index is 11.1. The van der Waals surface area contributed by atoms with Crippen molar-refractivity contribution in [2.24, 2.45) is 5.92 Å². The number of likely N-dealkylation sites (tertiary alicyclic amines) is 1. The molecule has 1 aromatic rings. The molecule has 1 aliphatic heterocycles. The molecule has 1 fully saturated rings. The molecular weight excluding hydrogens is 228 g/mol. The van der Waals surface area contributed by atoms with E-state index >= 15 is 0 Å².